The number of fused-ring (bicyclic) bond motifs is 2. The number of amides is 3. The number of benzene rings is 3. The SMILES string of the molecule is O=C(N[C@H]1C[C@H]2C(=O)Nc3ccc(-c4ccc(F)cc4F)cc3C(=O)N2C1)c1ccccc1. The average Bonchev–Trinajstić information content (AvgIpc) is 3.20. The molecule has 2 heterocycles. The minimum atomic E-state index is -0.747. The van der Waals surface area contributed by atoms with Crippen molar-refractivity contribution in [3.63, 3.8) is 0 Å². The highest BCUT2D eigenvalue weighted by atomic mass is 19.1. The summed E-state index contributed by atoms with van der Waals surface area (Å²) < 4.78 is 27.6. The van der Waals surface area contributed by atoms with Gasteiger partial charge in [-0.3, -0.25) is 14.4 Å². The molecule has 0 saturated carbocycles. The Morgan fingerprint density at radius 3 is 2.52 bits per heavy atom. The summed E-state index contributed by atoms with van der Waals surface area (Å²) in [4.78, 5) is 40.1. The van der Waals surface area contributed by atoms with Crippen molar-refractivity contribution in [2.75, 3.05) is 11.9 Å². The van der Waals surface area contributed by atoms with Gasteiger partial charge in [-0.2, -0.15) is 0 Å². The highest BCUT2D eigenvalue weighted by Gasteiger charge is 2.43. The lowest BCUT2D eigenvalue weighted by Gasteiger charge is -2.20. The lowest BCUT2D eigenvalue weighted by molar-refractivity contribution is -0.119. The zero-order valence-electron chi connectivity index (χ0n) is 17.3. The third-order valence-corrected chi connectivity index (χ3v) is 5.99. The molecule has 0 unspecified atom stereocenters. The minimum Gasteiger partial charge on any atom is -0.347 e. The summed E-state index contributed by atoms with van der Waals surface area (Å²) in [6.45, 7) is 0.171. The van der Waals surface area contributed by atoms with Crippen LogP contribution in [0.15, 0.2) is 66.7 Å². The highest BCUT2D eigenvalue weighted by molar-refractivity contribution is 6.11. The van der Waals surface area contributed by atoms with Gasteiger partial charge in [-0.1, -0.05) is 24.3 Å². The van der Waals surface area contributed by atoms with Gasteiger partial charge >= 0.3 is 0 Å². The summed E-state index contributed by atoms with van der Waals surface area (Å²) in [6, 6.07) is 15.4. The molecule has 2 aliphatic rings. The Morgan fingerprint density at radius 2 is 1.76 bits per heavy atom. The Morgan fingerprint density at radius 1 is 0.970 bits per heavy atom. The van der Waals surface area contributed by atoms with Gasteiger partial charge in [0.1, 0.15) is 17.7 Å². The Kier molecular flexibility index (Phi) is 5.12. The van der Waals surface area contributed by atoms with Gasteiger partial charge in [0.2, 0.25) is 5.91 Å². The molecule has 0 aromatic heterocycles. The molecular formula is C25H19F2N3O3. The topological polar surface area (TPSA) is 78.5 Å². The molecule has 2 aliphatic heterocycles. The van der Waals surface area contributed by atoms with E-state index in [2.05, 4.69) is 10.6 Å². The van der Waals surface area contributed by atoms with E-state index < -0.39 is 29.6 Å². The quantitative estimate of drug-likeness (QED) is 0.644. The van der Waals surface area contributed by atoms with E-state index in [0.717, 1.165) is 12.1 Å². The third-order valence-electron chi connectivity index (χ3n) is 5.99. The second-order valence-corrected chi connectivity index (χ2v) is 8.12. The van der Waals surface area contributed by atoms with Crippen LogP contribution in [0.2, 0.25) is 0 Å². The van der Waals surface area contributed by atoms with Crippen LogP contribution in [0, 0.1) is 11.6 Å². The van der Waals surface area contributed by atoms with Crippen molar-refractivity contribution in [3.05, 3.63) is 89.5 Å². The van der Waals surface area contributed by atoms with Crippen molar-refractivity contribution in [1.29, 1.82) is 0 Å². The molecule has 3 amide bonds. The van der Waals surface area contributed by atoms with Crippen molar-refractivity contribution in [2.24, 2.45) is 0 Å². The van der Waals surface area contributed by atoms with Crippen molar-refractivity contribution in [2.45, 2.75) is 18.5 Å². The molecule has 0 spiro atoms. The van der Waals surface area contributed by atoms with Gasteiger partial charge in [0.25, 0.3) is 11.8 Å². The maximum absolute atomic E-state index is 14.3. The smallest absolute Gasteiger partial charge is 0.256 e. The molecule has 6 nitrogen and oxygen atoms in total. The average molecular weight is 447 g/mol. The Bertz CT molecular complexity index is 1280. The number of hydrogen-bond donors (Lipinski definition) is 2. The summed E-state index contributed by atoms with van der Waals surface area (Å²) in [5.41, 5.74) is 1.57. The maximum atomic E-state index is 14.3. The van der Waals surface area contributed by atoms with Gasteiger partial charge in [0, 0.05) is 29.8 Å². The first-order valence-corrected chi connectivity index (χ1v) is 10.5. The predicted octanol–water partition coefficient (Wildman–Crippen LogP) is 3.60. The molecule has 2 N–H and O–H groups in total. The van der Waals surface area contributed by atoms with Gasteiger partial charge in [-0.15, -0.1) is 0 Å². The lowest BCUT2D eigenvalue weighted by Crippen LogP contribution is -2.41. The van der Waals surface area contributed by atoms with Crippen molar-refractivity contribution in [1.82, 2.24) is 10.2 Å². The van der Waals surface area contributed by atoms with Crippen LogP contribution in [0.1, 0.15) is 27.1 Å². The van der Waals surface area contributed by atoms with Crippen LogP contribution in [-0.4, -0.2) is 41.2 Å². The molecule has 0 radical (unpaired) electrons. The molecule has 166 valence electrons. The van der Waals surface area contributed by atoms with E-state index in [1.54, 1.807) is 36.4 Å². The molecule has 3 aromatic rings. The number of rotatable bonds is 3. The van der Waals surface area contributed by atoms with Gasteiger partial charge in [-0.25, -0.2) is 8.78 Å². The molecule has 1 fully saturated rings. The largest absolute Gasteiger partial charge is 0.347 e. The number of anilines is 1. The number of nitrogens with one attached hydrogen (secondary N) is 2. The van der Waals surface area contributed by atoms with Crippen LogP contribution >= 0.6 is 0 Å². The Labute approximate surface area is 188 Å². The second kappa shape index (κ2) is 8.12. The molecule has 5 rings (SSSR count). The van der Waals surface area contributed by atoms with Crippen LogP contribution in [0.25, 0.3) is 11.1 Å². The van der Waals surface area contributed by atoms with Crippen LogP contribution in [-0.2, 0) is 4.79 Å². The van der Waals surface area contributed by atoms with Crippen LogP contribution < -0.4 is 10.6 Å². The van der Waals surface area contributed by atoms with Gasteiger partial charge < -0.3 is 15.5 Å². The zero-order chi connectivity index (χ0) is 23.1. The molecule has 3 aromatic carbocycles. The molecular weight excluding hydrogens is 428 g/mol. The van der Waals surface area contributed by atoms with Gasteiger partial charge in [0.05, 0.1) is 11.3 Å². The van der Waals surface area contributed by atoms with Gasteiger partial charge in [0.15, 0.2) is 0 Å². The summed E-state index contributed by atoms with van der Waals surface area (Å²) in [7, 11) is 0. The van der Waals surface area contributed by atoms with Crippen molar-refractivity contribution in [3.8, 4) is 11.1 Å². The normalized spacial score (nSPS) is 19.4. The number of hydrogen-bond acceptors (Lipinski definition) is 3. The fourth-order valence-corrected chi connectivity index (χ4v) is 4.36. The second-order valence-electron chi connectivity index (χ2n) is 8.12. The van der Waals surface area contributed by atoms with E-state index in [1.807, 2.05) is 6.07 Å². The Hall–Kier alpha value is -4.07. The number of carbonyl (C=O) groups is 3. The molecule has 0 bridgehead atoms. The molecule has 8 heteroatoms. The molecule has 33 heavy (non-hydrogen) atoms. The number of carbonyl (C=O) groups excluding carboxylic acids is 3. The van der Waals surface area contributed by atoms with E-state index in [9.17, 15) is 23.2 Å². The fourth-order valence-electron chi connectivity index (χ4n) is 4.36. The monoisotopic (exact) mass is 447 g/mol. The van der Waals surface area contributed by atoms with Crippen molar-refractivity contribution >= 4 is 23.4 Å². The first kappa shape index (κ1) is 20.8. The van der Waals surface area contributed by atoms with Gasteiger partial charge in [-0.05, 0) is 48.4 Å². The van der Waals surface area contributed by atoms with E-state index in [-0.39, 0.29) is 35.9 Å². The predicted molar refractivity (Wildman–Crippen MR) is 118 cm³/mol. The summed E-state index contributed by atoms with van der Waals surface area (Å²) in [6.07, 6.45) is 0.281. The van der Waals surface area contributed by atoms with Crippen LogP contribution in [0.4, 0.5) is 14.5 Å². The summed E-state index contributed by atoms with van der Waals surface area (Å²) in [5, 5.41) is 5.65. The summed E-state index contributed by atoms with van der Waals surface area (Å²) in [5.74, 6) is -2.46. The van der Waals surface area contributed by atoms with Crippen LogP contribution in [0.3, 0.4) is 0 Å². The summed E-state index contributed by atoms with van der Waals surface area (Å²) >= 11 is 0. The number of nitrogens with zero attached hydrogens (tertiary/aromatic N) is 1. The van der Waals surface area contributed by atoms with E-state index >= 15 is 0 Å². The maximum Gasteiger partial charge on any atom is 0.256 e. The minimum absolute atomic E-state index is 0.147. The van der Waals surface area contributed by atoms with E-state index in [1.165, 1.54) is 17.0 Å². The van der Waals surface area contributed by atoms with Crippen LogP contribution in [0.5, 0.6) is 0 Å². The first-order chi connectivity index (χ1) is 15.9. The fraction of sp³-hybridized carbons (Fsp3) is 0.160. The standard InChI is InChI=1S/C25H19F2N3O3/c26-16-7-8-18(20(27)11-16)15-6-9-21-19(10-15)25(33)30-13-17(12-22(30)24(32)29-21)28-23(31)14-4-2-1-3-5-14/h1-11,17,22H,12-13H2,(H,28,31)(H,29,32)/t17-,22-/m0/s1. The lowest BCUT2D eigenvalue weighted by atomic mass is 10.0. The molecule has 0 aliphatic carbocycles. The third kappa shape index (κ3) is 3.84. The first-order valence-electron chi connectivity index (χ1n) is 10.5. The molecule has 1 saturated heterocycles. The van der Waals surface area contributed by atoms with E-state index in [4.69, 9.17) is 0 Å². The number of halogens is 2. The zero-order valence-corrected chi connectivity index (χ0v) is 17.3. The Balaban J connectivity index is 1.42. The van der Waals surface area contributed by atoms with E-state index in [0.29, 0.717) is 16.8 Å². The molecule has 2 atom stereocenters. The highest BCUT2D eigenvalue weighted by Crippen LogP contribution is 2.33. The van der Waals surface area contributed by atoms with Crippen molar-refractivity contribution < 1.29 is 23.2 Å².